The van der Waals surface area contributed by atoms with E-state index < -0.39 is 85.3 Å². The molecule has 0 radical (unpaired) electrons. The first-order chi connectivity index (χ1) is 17.4. The fraction of sp³-hybridized carbons (Fsp3) is 0.269. The number of hydrogen-bond acceptors (Lipinski definition) is 11. The normalized spacial score (nSPS) is 24.1. The SMILES string of the molecule is COC(=O)c1c(C)cc2c(c1O)[C@]1(O)C(=O)c3cc4c(c(O)c3C(=O)[C@]1(OC)CC2)C(=O)C=C(N)C4=O. The van der Waals surface area contributed by atoms with Gasteiger partial charge in [0.15, 0.2) is 17.0 Å². The summed E-state index contributed by atoms with van der Waals surface area (Å²) < 4.78 is 10.3. The monoisotopic (exact) mass is 507 g/mol. The fourth-order valence-electron chi connectivity index (χ4n) is 5.78. The van der Waals surface area contributed by atoms with E-state index >= 15 is 0 Å². The zero-order valence-corrected chi connectivity index (χ0v) is 19.9. The van der Waals surface area contributed by atoms with Crippen LogP contribution in [0.4, 0.5) is 0 Å². The second-order valence-electron chi connectivity index (χ2n) is 9.21. The second-order valence-corrected chi connectivity index (χ2v) is 9.21. The van der Waals surface area contributed by atoms with Crippen LogP contribution in [-0.2, 0) is 21.5 Å². The van der Waals surface area contributed by atoms with E-state index in [1.165, 1.54) is 13.0 Å². The van der Waals surface area contributed by atoms with Gasteiger partial charge in [0.25, 0.3) is 0 Å². The summed E-state index contributed by atoms with van der Waals surface area (Å²) in [7, 11) is 2.16. The topological polar surface area (TPSA) is 191 Å². The molecule has 37 heavy (non-hydrogen) atoms. The zero-order chi connectivity index (χ0) is 27.2. The van der Waals surface area contributed by atoms with E-state index in [0.717, 1.165) is 26.4 Å². The molecular formula is C26H21NO10. The number of phenolic OH excluding ortho intramolecular Hbond substituents is 2. The minimum Gasteiger partial charge on any atom is -0.507 e. The Morgan fingerprint density at radius 1 is 1.00 bits per heavy atom. The number of carbonyl (C=O) groups is 5. The molecule has 190 valence electrons. The molecule has 0 amide bonds. The lowest BCUT2D eigenvalue weighted by atomic mass is 9.57. The van der Waals surface area contributed by atoms with E-state index in [9.17, 15) is 39.3 Å². The minimum atomic E-state index is -2.87. The number of rotatable bonds is 2. The molecule has 5 rings (SSSR count). The van der Waals surface area contributed by atoms with Crippen molar-refractivity contribution in [1.29, 1.82) is 0 Å². The number of Topliss-reactive ketones (excluding diaryl/α,β-unsaturated/α-hetero) is 3. The van der Waals surface area contributed by atoms with Crippen LogP contribution in [0.25, 0.3) is 0 Å². The van der Waals surface area contributed by atoms with E-state index in [0.29, 0.717) is 5.56 Å². The van der Waals surface area contributed by atoms with Crippen molar-refractivity contribution >= 4 is 29.1 Å². The Bertz CT molecular complexity index is 1550. The Balaban J connectivity index is 1.89. The third kappa shape index (κ3) is 2.69. The maximum absolute atomic E-state index is 14.1. The van der Waals surface area contributed by atoms with Crippen LogP contribution in [-0.4, -0.2) is 64.2 Å². The molecule has 0 aliphatic heterocycles. The van der Waals surface area contributed by atoms with Gasteiger partial charge in [-0.1, -0.05) is 6.07 Å². The smallest absolute Gasteiger partial charge is 0.341 e. The number of ketones is 4. The molecule has 0 unspecified atom stereocenters. The highest BCUT2D eigenvalue weighted by Crippen LogP contribution is 2.56. The predicted octanol–water partition coefficient (Wildman–Crippen LogP) is 1.01. The standard InChI is InChI=1S/C26H21NO10/c1-9-6-10-4-5-25(37-3)23(33)17-12(7-11-16(20(17)30)14(28)8-13(27)19(11)29)22(32)26(25,35)18(10)21(31)15(9)24(34)36-2/h6-8,30-31,35H,4-5,27H2,1-3H3/t25-,26+/m1/s1. The first-order valence-corrected chi connectivity index (χ1v) is 11.1. The zero-order valence-electron chi connectivity index (χ0n) is 19.9. The quantitative estimate of drug-likeness (QED) is 0.424. The van der Waals surface area contributed by atoms with Crippen molar-refractivity contribution in [3.63, 3.8) is 0 Å². The Morgan fingerprint density at radius 3 is 2.30 bits per heavy atom. The molecule has 2 atom stereocenters. The van der Waals surface area contributed by atoms with Gasteiger partial charge >= 0.3 is 5.97 Å². The predicted molar refractivity (Wildman–Crippen MR) is 124 cm³/mol. The summed E-state index contributed by atoms with van der Waals surface area (Å²) in [6.07, 6.45) is 0.599. The Labute approximate surface area is 209 Å². The number of esters is 1. The third-order valence-electron chi connectivity index (χ3n) is 7.52. The van der Waals surface area contributed by atoms with Gasteiger partial charge in [-0.25, -0.2) is 4.79 Å². The summed E-state index contributed by atoms with van der Waals surface area (Å²) in [5, 5.41) is 34.3. The van der Waals surface area contributed by atoms with Crippen molar-refractivity contribution in [1.82, 2.24) is 0 Å². The molecule has 0 heterocycles. The van der Waals surface area contributed by atoms with Crippen LogP contribution >= 0.6 is 0 Å². The molecule has 3 aliphatic carbocycles. The van der Waals surface area contributed by atoms with Gasteiger partial charge in [0.05, 0.1) is 23.9 Å². The third-order valence-corrected chi connectivity index (χ3v) is 7.52. The van der Waals surface area contributed by atoms with Crippen LogP contribution in [0, 0.1) is 6.92 Å². The van der Waals surface area contributed by atoms with Crippen LogP contribution < -0.4 is 5.73 Å². The molecule has 2 aromatic carbocycles. The van der Waals surface area contributed by atoms with Crippen molar-refractivity contribution in [3.05, 3.63) is 68.4 Å². The summed E-state index contributed by atoms with van der Waals surface area (Å²) in [5.41, 5.74) is -2.28. The van der Waals surface area contributed by atoms with Gasteiger partial charge in [-0.2, -0.15) is 0 Å². The van der Waals surface area contributed by atoms with Crippen molar-refractivity contribution in [2.75, 3.05) is 14.2 Å². The van der Waals surface area contributed by atoms with Gasteiger partial charge in [-0.15, -0.1) is 0 Å². The number of nitrogens with two attached hydrogens (primary N) is 1. The largest absolute Gasteiger partial charge is 0.507 e. The van der Waals surface area contributed by atoms with Crippen LogP contribution in [0.15, 0.2) is 23.9 Å². The van der Waals surface area contributed by atoms with Crippen molar-refractivity contribution in [3.8, 4) is 11.5 Å². The van der Waals surface area contributed by atoms with E-state index in [1.54, 1.807) is 0 Å². The molecule has 11 nitrogen and oxygen atoms in total. The molecule has 0 spiro atoms. The Hall–Kier alpha value is -4.35. The summed E-state index contributed by atoms with van der Waals surface area (Å²) in [4.78, 5) is 65.7. The van der Waals surface area contributed by atoms with Crippen molar-refractivity contribution in [2.45, 2.75) is 31.0 Å². The fourth-order valence-corrected chi connectivity index (χ4v) is 5.78. The number of benzene rings is 2. The highest BCUT2D eigenvalue weighted by molar-refractivity contribution is 6.30. The average molecular weight is 507 g/mol. The molecule has 5 N–H and O–H groups in total. The van der Waals surface area contributed by atoms with Gasteiger partial charge in [0.1, 0.15) is 17.1 Å². The van der Waals surface area contributed by atoms with Crippen LogP contribution in [0.3, 0.4) is 0 Å². The van der Waals surface area contributed by atoms with Gasteiger partial charge in [0.2, 0.25) is 17.3 Å². The van der Waals surface area contributed by atoms with Crippen molar-refractivity contribution < 1.29 is 48.8 Å². The van der Waals surface area contributed by atoms with Crippen LogP contribution in [0.2, 0.25) is 0 Å². The average Bonchev–Trinajstić information content (AvgIpc) is 2.85. The molecule has 2 aromatic rings. The summed E-state index contributed by atoms with van der Waals surface area (Å²) in [6.45, 7) is 1.53. The highest BCUT2D eigenvalue weighted by Gasteiger charge is 2.69. The van der Waals surface area contributed by atoms with Gasteiger partial charge in [0, 0.05) is 29.9 Å². The molecule has 0 fully saturated rings. The number of ether oxygens (including phenoxy) is 2. The van der Waals surface area contributed by atoms with Crippen molar-refractivity contribution in [2.24, 2.45) is 5.73 Å². The molecular weight excluding hydrogens is 486 g/mol. The Morgan fingerprint density at radius 2 is 1.68 bits per heavy atom. The second kappa shape index (κ2) is 7.58. The first-order valence-electron chi connectivity index (χ1n) is 11.1. The Kier molecular flexibility index (Phi) is 4.99. The minimum absolute atomic E-state index is 0.0398. The number of methoxy groups -OCH3 is 2. The number of allylic oxidation sites excluding steroid dienone is 2. The number of aryl methyl sites for hydroxylation is 2. The molecule has 11 heteroatoms. The molecule has 0 bridgehead atoms. The number of phenols is 2. The highest BCUT2D eigenvalue weighted by atomic mass is 16.5. The summed E-state index contributed by atoms with van der Waals surface area (Å²) >= 11 is 0. The van der Waals surface area contributed by atoms with Crippen LogP contribution in [0.5, 0.6) is 11.5 Å². The van der Waals surface area contributed by atoms with E-state index in [-0.39, 0.29) is 24.0 Å². The van der Waals surface area contributed by atoms with Gasteiger partial charge in [-0.05, 0) is 37.0 Å². The first kappa shape index (κ1) is 24.3. The van der Waals surface area contributed by atoms with E-state index in [4.69, 9.17) is 15.2 Å². The lowest BCUT2D eigenvalue weighted by molar-refractivity contribution is -0.135. The number of aromatic hydroxyl groups is 2. The maximum atomic E-state index is 14.1. The number of aliphatic hydroxyl groups is 1. The molecule has 0 saturated carbocycles. The maximum Gasteiger partial charge on any atom is 0.341 e. The molecule has 0 aromatic heterocycles. The number of carbonyl (C=O) groups excluding carboxylic acids is 5. The van der Waals surface area contributed by atoms with E-state index in [1.807, 2.05) is 0 Å². The lowest BCUT2D eigenvalue weighted by Gasteiger charge is -2.50. The van der Waals surface area contributed by atoms with Crippen LogP contribution in [0.1, 0.15) is 74.9 Å². The van der Waals surface area contributed by atoms with E-state index in [2.05, 4.69) is 0 Å². The summed E-state index contributed by atoms with van der Waals surface area (Å²) in [6, 6.07) is 2.41. The van der Waals surface area contributed by atoms with Gasteiger partial charge in [-0.3, -0.25) is 19.2 Å². The molecule has 0 saturated heterocycles. The number of hydrogen-bond donors (Lipinski definition) is 4. The molecule has 3 aliphatic rings. The summed E-state index contributed by atoms with van der Waals surface area (Å²) in [5.74, 6) is -6.56. The lowest BCUT2D eigenvalue weighted by Crippen LogP contribution is -2.67. The number of fused-ring (bicyclic) bond motifs is 5. The van der Waals surface area contributed by atoms with Gasteiger partial charge < -0.3 is 30.5 Å².